The molecule has 0 fully saturated rings. The van der Waals surface area contributed by atoms with E-state index in [0.717, 1.165) is 22.3 Å². The Morgan fingerprint density at radius 2 is 1.63 bits per heavy atom. The van der Waals surface area contributed by atoms with Crippen molar-refractivity contribution in [2.75, 3.05) is 11.9 Å². The number of nitrogens with one attached hydrogen (secondary N) is 1. The third kappa shape index (κ3) is 4.72. The van der Waals surface area contributed by atoms with E-state index in [4.69, 9.17) is 9.26 Å². The van der Waals surface area contributed by atoms with Crippen LogP contribution in [-0.4, -0.2) is 22.7 Å². The Morgan fingerprint density at radius 1 is 0.933 bits per heavy atom. The lowest BCUT2D eigenvalue weighted by Gasteiger charge is -2.09. The van der Waals surface area contributed by atoms with E-state index in [0.29, 0.717) is 23.2 Å². The molecule has 0 aliphatic carbocycles. The lowest BCUT2D eigenvalue weighted by atomic mass is 10.1. The summed E-state index contributed by atoms with van der Waals surface area (Å²) in [4.78, 5) is 16.6. The standard InChI is InChI=1S/C24H21N3O3/c1-16-12-17(2)14-21(13-16)29-15-22(28)25-20-10-8-19(9-11-20)24-26-23(27-30-24)18-6-4-3-5-7-18/h3-14H,15H2,1-2H3,(H,25,28). The van der Waals surface area contributed by atoms with Gasteiger partial charge in [0.2, 0.25) is 5.82 Å². The molecule has 4 rings (SSSR count). The van der Waals surface area contributed by atoms with Crippen LogP contribution in [0, 0.1) is 13.8 Å². The van der Waals surface area contributed by atoms with Crippen molar-refractivity contribution in [2.24, 2.45) is 0 Å². The normalized spacial score (nSPS) is 10.6. The Labute approximate surface area is 174 Å². The highest BCUT2D eigenvalue weighted by atomic mass is 16.5. The van der Waals surface area contributed by atoms with E-state index < -0.39 is 0 Å². The van der Waals surface area contributed by atoms with Gasteiger partial charge in [-0.25, -0.2) is 0 Å². The molecule has 0 atom stereocenters. The van der Waals surface area contributed by atoms with Crippen LogP contribution in [-0.2, 0) is 4.79 Å². The van der Waals surface area contributed by atoms with Crippen molar-refractivity contribution in [3.05, 3.63) is 83.9 Å². The van der Waals surface area contributed by atoms with Gasteiger partial charge in [0.15, 0.2) is 6.61 Å². The highest BCUT2D eigenvalue weighted by Gasteiger charge is 2.11. The van der Waals surface area contributed by atoms with Crippen LogP contribution in [0.3, 0.4) is 0 Å². The van der Waals surface area contributed by atoms with E-state index >= 15 is 0 Å². The van der Waals surface area contributed by atoms with Crippen LogP contribution < -0.4 is 10.1 Å². The van der Waals surface area contributed by atoms with E-state index in [1.807, 2.05) is 68.4 Å². The van der Waals surface area contributed by atoms with Crippen LogP contribution in [0.4, 0.5) is 5.69 Å². The zero-order valence-electron chi connectivity index (χ0n) is 16.8. The van der Waals surface area contributed by atoms with Gasteiger partial charge in [-0.1, -0.05) is 41.6 Å². The summed E-state index contributed by atoms with van der Waals surface area (Å²) in [6.07, 6.45) is 0. The van der Waals surface area contributed by atoms with Crippen molar-refractivity contribution in [1.82, 2.24) is 10.1 Å². The zero-order valence-corrected chi connectivity index (χ0v) is 16.8. The Morgan fingerprint density at radius 3 is 2.33 bits per heavy atom. The van der Waals surface area contributed by atoms with Gasteiger partial charge in [-0.05, 0) is 61.4 Å². The maximum Gasteiger partial charge on any atom is 0.262 e. The first-order valence-electron chi connectivity index (χ1n) is 9.57. The molecule has 0 aliphatic rings. The molecule has 1 amide bonds. The van der Waals surface area contributed by atoms with Gasteiger partial charge in [-0.3, -0.25) is 4.79 Å². The molecule has 1 N–H and O–H groups in total. The summed E-state index contributed by atoms with van der Waals surface area (Å²) in [6.45, 7) is 3.93. The van der Waals surface area contributed by atoms with Crippen molar-refractivity contribution < 1.29 is 14.1 Å². The summed E-state index contributed by atoms with van der Waals surface area (Å²) >= 11 is 0. The van der Waals surface area contributed by atoms with Crippen molar-refractivity contribution in [3.63, 3.8) is 0 Å². The summed E-state index contributed by atoms with van der Waals surface area (Å²) in [6, 6.07) is 22.7. The lowest BCUT2D eigenvalue weighted by molar-refractivity contribution is -0.118. The first-order valence-corrected chi connectivity index (χ1v) is 9.57. The zero-order chi connectivity index (χ0) is 20.9. The van der Waals surface area contributed by atoms with Crippen molar-refractivity contribution in [1.29, 1.82) is 0 Å². The van der Waals surface area contributed by atoms with E-state index in [1.165, 1.54) is 0 Å². The average molecular weight is 399 g/mol. The Kier molecular flexibility index (Phi) is 5.57. The summed E-state index contributed by atoms with van der Waals surface area (Å²) in [7, 11) is 0. The number of hydrogen-bond donors (Lipinski definition) is 1. The Hall–Kier alpha value is -3.93. The molecule has 3 aromatic carbocycles. The fourth-order valence-corrected chi connectivity index (χ4v) is 3.10. The molecule has 6 heteroatoms. The number of carbonyl (C=O) groups is 1. The Bertz CT molecular complexity index is 1130. The van der Waals surface area contributed by atoms with Crippen LogP contribution in [0.5, 0.6) is 5.75 Å². The van der Waals surface area contributed by atoms with Crippen LogP contribution in [0.2, 0.25) is 0 Å². The largest absolute Gasteiger partial charge is 0.484 e. The minimum atomic E-state index is -0.230. The molecule has 150 valence electrons. The van der Waals surface area contributed by atoms with Gasteiger partial charge < -0.3 is 14.6 Å². The van der Waals surface area contributed by atoms with Gasteiger partial charge in [-0.2, -0.15) is 4.98 Å². The van der Waals surface area contributed by atoms with E-state index in [2.05, 4.69) is 21.5 Å². The first kappa shape index (κ1) is 19.4. The van der Waals surface area contributed by atoms with Crippen LogP contribution in [0.25, 0.3) is 22.8 Å². The fourth-order valence-electron chi connectivity index (χ4n) is 3.10. The van der Waals surface area contributed by atoms with Crippen LogP contribution in [0.15, 0.2) is 77.3 Å². The summed E-state index contributed by atoms with van der Waals surface area (Å²) in [5, 5.41) is 6.85. The minimum absolute atomic E-state index is 0.0608. The molecular formula is C24H21N3O3. The highest BCUT2D eigenvalue weighted by molar-refractivity contribution is 5.92. The smallest absolute Gasteiger partial charge is 0.262 e. The third-order valence-electron chi connectivity index (χ3n) is 4.44. The molecule has 0 saturated carbocycles. The third-order valence-corrected chi connectivity index (χ3v) is 4.44. The molecule has 0 spiro atoms. The van der Waals surface area contributed by atoms with Gasteiger partial charge in [-0.15, -0.1) is 0 Å². The molecule has 1 heterocycles. The number of anilines is 1. The second-order valence-corrected chi connectivity index (χ2v) is 7.03. The molecule has 0 radical (unpaired) electrons. The van der Waals surface area contributed by atoms with Crippen LogP contribution in [0.1, 0.15) is 11.1 Å². The van der Waals surface area contributed by atoms with E-state index in [9.17, 15) is 4.79 Å². The number of amides is 1. The molecule has 0 aliphatic heterocycles. The van der Waals surface area contributed by atoms with Gasteiger partial charge in [0.25, 0.3) is 11.8 Å². The molecule has 0 saturated heterocycles. The SMILES string of the molecule is Cc1cc(C)cc(OCC(=O)Nc2ccc(-c3nc(-c4ccccc4)no3)cc2)c1. The summed E-state index contributed by atoms with van der Waals surface area (Å²) in [5.41, 5.74) is 4.51. The molecule has 4 aromatic rings. The molecule has 0 unspecified atom stereocenters. The number of rotatable bonds is 6. The number of hydrogen-bond acceptors (Lipinski definition) is 5. The topological polar surface area (TPSA) is 77.2 Å². The predicted molar refractivity (Wildman–Crippen MR) is 115 cm³/mol. The number of benzene rings is 3. The van der Waals surface area contributed by atoms with E-state index in [-0.39, 0.29) is 12.5 Å². The number of carbonyl (C=O) groups excluding carboxylic acids is 1. The number of ether oxygens (including phenoxy) is 1. The van der Waals surface area contributed by atoms with Gasteiger partial charge in [0.1, 0.15) is 5.75 Å². The van der Waals surface area contributed by atoms with Crippen molar-refractivity contribution >= 4 is 11.6 Å². The van der Waals surface area contributed by atoms with Gasteiger partial charge in [0.05, 0.1) is 0 Å². The average Bonchev–Trinajstić information content (AvgIpc) is 3.23. The second kappa shape index (κ2) is 8.61. The second-order valence-electron chi connectivity index (χ2n) is 7.03. The predicted octanol–water partition coefficient (Wildman–Crippen LogP) is 5.04. The fraction of sp³-hybridized carbons (Fsp3) is 0.125. The molecule has 30 heavy (non-hydrogen) atoms. The summed E-state index contributed by atoms with van der Waals surface area (Å²) < 4.78 is 11.0. The maximum absolute atomic E-state index is 12.2. The highest BCUT2D eigenvalue weighted by Crippen LogP contribution is 2.23. The molecular weight excluding hydrogens is 378 g/mol. The molecule has 0 bridgehead atoms. The lowest BCUT2D eigenvalue weighted by Crippen LogP contribution is -2.20. The van der Waals surface area contributed by atoms with E-state index in [1.54, 1.807) is 12.1 Å². The quantitative estimate of drug-likeness (QED) is 0.492. The monoisotopic (exact) mass is 399 g/mol. The van der Waals surface area contributed by atoms with Crippen LogP contribution >= 0.6 is 0 Å². The summed E-state index contributed by atoms with van der Waals surface area (Å²) in [5.74, 6) is 1.41. The minimum Gasteiger partial charge on any atom is -0.484 e. The van der Waals surface area contributed by atoms with Gasteiger partial charge >= 0.3 is 0 Å². The number of aryl methyl sites for hydroxylation is 2. The van der Waals surface area contributed by atoms with Crippen molar-refractivity contribution in [3.8, 4) is 28.6 Å². The molecule has 1 aromatic heterocycles. The number of nitrogens with zero attached hydrogens (tertiary/aromatic N) is 2. The maximum atomic E-state index is 12.2. The van der Waals surface area contributed by atoms with Gasteiger partial charge in [0, 0.05) is 16.8 Å². The first-order chi connectivity index (χ1) is 14.6. The molecule has 6 nitrogen and oxygen atoms in total. The Balaban J connectivity index is 1.36. The number of aromatic nitrogens is 2. The van der Waals surface area contributed by atoms with Crippen molar-refractivity contribution in [2.45, 2.75) is 13.8 Å².